The molecular weight excluding hydrogens is 300 g/mol. The Morgan fingerprint density at radius 2 is 1.78 bits per heavy atom. The van der Waals surface area contributed by atoms with Crippen LogP contribution in [-0.2, 0) is 9.53 Å². The van der Waals surface area contributed by atoms with Crippen LogP contribution in [0, 0.1) is 0 Å². The maximum absolute atomic E-state index is 11.8. The van der Waals surface area contributed by atoms with E-state index in [9.17, 15) is 14.4 Å². The Morgan fingerprint density at radius 3 is 2.39 bits per heavy atom. The monoisotopic (exact) mass is 320 g/mol. The second-order valence-electron chi connectivity index (χ2n) is 5.31. The molecule has 124 valence electrons. The molecule has 23 heavy (non-hydrogen) atoms. The minimum atomic E-state index is -0.664. The average Bonchev–Trinajstić information content (AvgIpc) is 3.05. The van der Waals surface area contributed by atoms with E-state index in [0.717, 1.165) is 25.7 Å². The third kappa shape index (κ3) is 5.28. The second kappa shape index (κ2) is 8.17. The number of hydrogen-bond acceptors (Lipinski definition) is 5. The minimum Gasteiger partial charge on any atom is -0.497 e. The van der Waals surface area contributed by atoms with Crippen LogP contribution in [0.25, 0.3) is 0 Å². The van der Waals surface area contributed by atoms with E-state index in [1.165, 1.54) is 19.2 Å². The van der Waals surface area contributed by atoms with Crippen LogP contribution in [0.2, 0.25) is 0 Å². The van der Waals surface area contributed by atoms with E-state index in [0.29, 0.717) is 11.3 Å². The fourth-order valence-electron chi connectivity index (χ4n) is 2.40. The lowest BCUT2D eigenvalue weighted by molar-refractivity contribution is -0.123. The lowest BCUT2D eigenvalue weighted by Gasteiger charge is -2.12. The van der Waals surface area contributed by atoms with Crippen LogP contribution in [0.15, 0.2) is 24.3 Å². The third-order valence-corrected chi connectivity index (χ3v) is 3.60. The summed E-state index contributed by atoms with van der Waals surface area (Å²) in [6.45, 7) is -0.511. The summed E-state index contributed by atoms with van der Waals surface area (Å²) in [6, 6.07) is 5.86. The molecule has 7 nitrogen and oxygen atoms in total. The molecule has 0 aliphatic heterocycles. The van der Waals surface area contributed by atoms with Gasteiger partial charge in [-0.2, -0.15) is 0 Å². The van der Waals surface area contributed by atoms with Gasteiger partial charge in [-0.3, -0.25) is 10.1 Å². The van der Waals surface area contributed by atoms with Crippen LogP contribution in [0.5, 0.6) is 5.75 Å². The molecular formula is C16H20N2O5. The number of nitrogens with one attached hydrogen (secondary N) is 2. The van der Waals surface area contributed by atoms with Crippen molar-refractivity contribution in [2.45, 2.75) is 31.7 Å². The van der Waals surface area contributed by atoms with Gasteiger partial charge < -0.3 is 14.8 Å². The SMILES string of the molecule is COc1ccc(C(=O)OCC(=O)NC(=O)NC2CCCC2)cc1. The van der Waals surface area contributed by atoms with E-state index in [1.807, 2.05) is 0 Å². The Kier molecular flexibility index (Phi) is 5.96. The molecule has 0 spiro atoms. The van der Waals surface area contributed by atoms with Gasteiger partial charge in [-0.25, -0.2) is 9.59 Å². The standard InChI is InChI=1S/C16H20N2O5/c1-22-13-8-6-11(7-9-13)15(20)23-10-14(19)18-16(21)17-12-4-2-3-5-12/h6-9,12H,2-5,10H2,1H3,(H2,17,18,19,21). The first kappa shape index (κ1) is 16.8. The van der Waals surface area contributed by atoms with Crippen molar-refractivity contribution in [1.29, 1.82) is 0 Å². The van der Waals surface area contributed by atoms with Gasteiger partial charge in [0, 0.05) is 6.04 Å². The van der Waals surface area contributed by atoms with Crippen molar-refractivity contribution in [3.63, 3.8) is 0 Å². The molecule has 0 heterocycles. The largest absolute Gasteiger partial charge is 0.497 e. The maximum atomic E-state index is 11.8. The quantitative estimate of drug-likeness (QED) is 0.804. The highest BCUT2D eigenvalue weighted by Gasteiger charge is 2.18. The molecule has 1 fully saturated rings. The molecule has 2 N–H and O–H groups in total. The van der Waals surface area contributed by atoms with E-state index < -0.39 is 24.5 Å². The summed E-state index contributed by atoms with van der Waals surface area (Å²) < 4.78 is 9.85. The number of carbonyl (C=O) groups excluding carboxylic acids is 3. The van der Waals surface area contributed by atoms with E-state index >= 15 is 0 Å². The number of hydrogen-bond donors (Lipinski definition) is 2. The number of methoxy groups -OCH3 is 1. The van der Waals surface area contributed by atoms with Gasteiger partial charge in [-0.1, -0.05) is 12.8 Å². The van der Waals surface area contributed by atoms with Crippen LogP contribution < -0.4 is 15.4 Å². The predicted octanol–water partition coefficient (Wildman–Crippen LogP) is 1.62. The molecule has 0 atom stereocenters. The van der Waals surface area contributed by atoms with E-state index in [-0.39, 0.29) is 6.04 Å². The highest BCUT2D eigenvalue weighted by atomic mass is 16.5. The molecule has 1 aromatic rings. The average molecular weight is 320 g/mol. The summed E-state index contributed by atoms with van der Waals surface area (Å²) in [5.41, 5.74) is 0.300. The number of ether oxygens (including phenoxy) is 2. The van der Waals surface area contributed by atoms with E-state index in [2.05, 4.69) is 10.6 Å². The van der Waals surface area contributed by atoms with Crippen molar-refractivity contribution >= 4 is 17.9 Å². The number of urea groups is 1. The molecule has 1 saturated carbocycles. The van der Waals surface area contributed by atoms with Gasteiger partial charge in [0.15, 0.2) is 6.61 Å². The molecule has 0 saturated heterocycles. The third-order valence-electron chi connectivity index (χ3n) is 3.60. The van der Waals surface area contributed by atoms with Crippen molar-refractivity contribution in [3.8, 4) is 5.75 Å². The Morgan fingerprint density at radius 1 is 1.13 bits per heavy atom. The Labute approximate surface area is 134 Å². The van der Waals surface area contributed by atoms with Gasteiger partial charge in [0.2, 0.25) is 0 Å². The highest BCUT2D eigenvalue weighted by molar-refractivity contribution is 5.97. The maximum Gasteiger partial charge on any atom is 0.338 e. The molecule has 2 rings (SSSR count). The Hall–Kier alpha value is -2.57. The molecule has 1 aromatic carbocycles. The summed E-state index contributed by atoms with van der Waals surface area (Å²) in [6.07, 6.45) is 4.01. The molecule has 0 aromatic heterocycles. The number of esters is 1. The molecule has 1 aliphatic rings. The van der Waals surface area contributed by atoms with Crippen molar-refractivity contribution in [3.05, 3.63) is 29.8 Å². The van der Waals surface area contributed by atoms with Crippen molar-refractivity contribution in [2.75, 3.05) is 13.7 Å². The summed E-state index contributed by atoms with van der Waals surface area (Å²) in [4.78, 5) is 35.0. The van der Waals surface area contributed by atoms with Crippen LogP contribution in [0.4, 0.5) is 4.79 Å². The fourth-order valence-corrected chi connectivity index (χ4v) is 2.40. The summed E-state index contributed by atoms with van der Waals surface area (Å²) in [7, 11) is 1.52. The number of imide groups is 1. The van der Waals surface area contributed by atoms with Crippen LogP contribution in [0.3, 0.4) is 0 Å². The Bertz CT molecular complexity index is 564. The molecule has 1 aliphatic carbocycles. The summed E-state index contributed by atoms with van der Waals surface area (Å²) in [5, 5.41) is 4.86. The minimum absolute atomic E-state index is 0.115. The molecule has 0 bridgehead atoms. The Balaban J connectivity index is 1.72. The number of carbonyl (C=O) groups is 3. The van der Waals surface area contributed by atoms with Gasteiger partial charge in [0.25, 0.3) is 5.91 Å². The van der Waals surface area contributed by atoms with Gasteiger partial charge in [0.05, 0.1) is 12.7 Å². The number of amides is 3. The predicted molar refractivity (Wildman–Crippen MR) is 82.2 cm³/mol. The first-order valence-electron chi connectivity index (χ1n) is 7.50. The lowest BCUT2D eigenvalue weighted by Crippen LogP contribution is -2.44. The lowest BCUT2D eigenvalue weighted by atomic mass is 10.2. The highest BCUT2D eigenvalue weighted by Crippen LogP contribution is 2.17. The number of benzene rings is 1. The second-order valence-corrected chi connectivity index (χ2v) is 5.31. The molecule has 3 amide bonds. The summed E-state index contributed by atoms with van der Waals surface area (Å²) in [5.74, 6) is -0.691. The van der Waals surface area contributed by atoms with Gasteiger partial charge in [0.1, 0.15) is 5.75 Å². The van der Waals surface area contributed by atoms with E-state index in [1.54, 1.807) is 12.1 Å². The topological polar surface area (TPSA) is 93.7 Å². The van der Waals surface area contributed by atoms with Crippen molar-refractivity contribution < 1.29 is 23.9 Å². The van der Waals surface area contributed by atoms with E-state index in [4.69, 9.17) is 9.47 Å². The fraction of sp³-hybridized carbons (Fsp3) is 0.438. The zero-order valence-electron chi connectivity index (χ0n) is 13.0. The normalized spacial score (nSPS) is 14.1. The van der Waals surface area contributed by atoms with Crippen LogP contribution in [0.1, 0.15) is 36.0 Å². The summed E-state index contributed by atoms with van der Waals surface area (Å²) >= 11 is 0. The van der Waals surface area contributed by atoms with Crippen molar-refractivity contribution in [1.82, 2.24) is 10.6 Å². The molecule has 7 heteroatoms. The van der Waals surface area contributed by atoms with Crippen LogP contribution >= 0.6 is 0 Å². The molecule has 0 radical (unpaired) electrons. The zero-order chi connectivity index (χ0) is 16.7. The van der Waals surface area contributed by atoms with Gasteiger partial charge in [-0.15, -0.1) is 0 Å². The van der Waals surface area contributed by atoms with Crippen LogP contribution in [-0.4, -0.2) is 37.7 Å². The smallest absolute Gasteiger partial charge is 0.338 e. The molecule has 0 unspecified atom stereocenters. The van der Waals surface area contributed by atoms with Gasteiger partial charge in [-0.05, 0) is 37.1 Å². The zero-order valence-corrected chi connectivity index (χ0v) is 13.0. The first-order chi connectivity index (χ1) is 11.1. The first-order valence-corrected chi connectivity index (χ1v) is 7.50. The number of rotatable bonds is 5. The van der Waals surface area contributed by atoms with Gasteiger partial charge >= 0.3 is 12.0 Å². The van der Waals surface area contributed by atoms with Crippen molar-refractivity contribution in [2.24, 2.45) is 0 Å².